The molecule has 1 amide bonds. The molecule has 5 nitrogen and oxygen atoms in total. The van der Waals surface area contributed by atoms with E-state index < -0.39 is 19.5 Å². The van der Waals surface area contributed by atoms with Gasteiger partial charge in [-0.15, -0.1) is 0 Å². The number of nitrogens with one attached hydrogen (secondary N) is 1. The number of alkyl halides is 4. The number of carbonyl (C=O) groups excluding carboxylic acids is 1. The molecular weight excluding hydrogens is 414 g/mol. The van der Waals surface area contributed by atoms with Crippen LogP contribution in [0.5, 0.6) is 0 Å². The van der Waals surface area contributed by atoms with Gasteiger partial charge in [-0.3, -0.25) is 4.79 Å². The normalized spacial score (nSPS) is 17.9. The molecule has 172 valence electrons. The predicted molar refractivity (Wildman–Crippen MR) is 110 cm³/mol. The van der Waals surface area contributed by atoms with Gasteiger partial charge in [0.15, 0.2) is 6.61 Å². The lowest BCUT2D eigenvalue weighted by atomic mass is 9.89. The van der Waals surface area contributed by atoms with Crippen molar-refractivity contribution in [2.45, 2.75) is 51.2 Å². The van der Waals surface area contributed by atoms with E-state index in [0.717, 1.165) is 36.9 Å². The number of allylic oxidation sites excluding steroid dienone is 1. The van der Waals surface area contributed by atoms with Gasteiger partial charge in [0, 0.05) is 43.2 Å². The maximum atomic E-state index is 13.2. The standard InChI is InChI=1S/C22H29F4N3O2/c1-3-15(12-27-2)19-13-28(9-7-23)20-10-16(4-5-18(19)20)29-8-6-17(11-21(29)30)31-14-22(24,25)26/h10-11,13,15,27H,3-9,12,14H2,1-2H3. The van der Waals surface area contributed by atoms with Gasteiger partial charge < -0.3 is 19.5 Å². The molecule has 2 aliphatic rings. The summed E-state index contributed by atoms with van der Waals surface area (Å²) in [5.41, 5.74) is 4.12. The summed E-state index contributed by atoms with van der Waals surface area (Å²) >= 11 is 0. The molecule has 1 aromatic heterocycles. The van der Waals surface area contributed by atoms with Crippen LogP contribution in [0.4, 0.5) is 17.6 Å². The fourth-order valence-corrected chi connectivity index (χ4v) is 4.32. The van der Waals surface area contributed by atoms with Gasteiger partial charge in [0.1, 0.15) is 12.4 Å². The monoisotopic (exact) mass is 443 g/mol. The molecule has 1 unspecified atom stereocenters. The number of ether oxygens (including phenoxy) is 1. The van der Waals surface area contributed by atoms with Crippen LogP contribution in [-0.2, 0) is 22.5 Å². The molecule has 1 aromatic rings. The minimum Gasteiger partial charge on any atom is -0.488 e. The van der Waals surface area contributed by atoms with Crippen molar-refractivity contribution >= 4 is 12.0 Å². The molecule has 0 aromatic carbocycles. The number of nitrogens with zero attached hydrogens (tertiary/aromatic N) is 2. The van der Waals surface area contributed by atoms with Crippen LogP contribution in [0.15, 0.2) is 23.7 Å². The fraction of sp³-hybridized carbons (Fsp3) is 0.591. The first-order valence-corrected chi connectivity index (χ1v) is 10.6. The second kappa shape index (κ2) is 9.89. The van der Waals surface area contributed by atoms with E-state index in [-0.39, 0.29) is 31.2 Å². The second-order valence-corrected chi connectivity index (χ2v) is 7.88. The third kappa shape index (κ3) is 5.50. The van der Waals surface area contributed by atoms with Gasteiger partial charge in [0.05, 0.1) is 6.54 Å². The van der Waals surface area contributed by atoms with E-state index in [0.29, 0.717) is 12.3 Å². The number of amides is 1. The van der Waals surface area contributed by atoms with Gasteiger partial charge in [-0.2, -0.15) is 13.2 Å². The molecule has 2 heterocycles. The molecule has 3 rings (SSSR count). The Kier molecular flexibility index (Phi) is 7.46. The summed E-state index contributed by atoms with van der Waals surface area (Å²) in [4.78, 5) is 14.2. The summed E-state index contributed by atoms with van der Waals surface area (Å²) in [5.74, 6) is -0.0115. The van der Waals surface area contributed by atoms with Crippen molar-refractivity contribution in [2.75, 3.05) is 33.4 Å². The zero-order valence-corrected chi connectivity index (χ0v) is 17.9. The Morgan fingerprint density at radius 2 is 2.00 bits per heavy atom. The van der Waals surface area contributed by atoms with Crippen LogP contribution in [0.3, 0.4) is 0 Å². The molecule has 0 spiro atoms. The van der Waals surface area contributed by atoms with Gasteiger partial charge in [0.25, 0.3) is 5.91 Å². The highest BCUT2D eigenvalue weighted by molar-refractivity contribution is 5.91. The second-order valence-electron chi connectivity index (χ2n) is 7.88. The molecular formula is C22H29F4N3O2. The predicted octanol–water partition coefficient (Wildman–Crippen LogP) is 4.15. The molecule has 0 saturated heterocycles. The van der Waals surface area contributed by atoms with E-state index in [1.165, 1.54) is 11.1 Å². The molecule has 31 heavy (non-hydrogen) atoms. The molecule has 1 N–H and O–H groups in total. The number of hydrogen-bond donors (Lipinski definition) is 1. The number of halogens is 4. The lowest BCUT2D eigenvalue weighted by Crippen LogP contribution is -2.35. The maximum absolute atomic E-state index is 13.2. The van der Waals surface area contributed by atoms with E-state index in [1.54, 1.807) is 4.90 Å². The highest BCUT2D eigenvalue weighted by Gasteiger charge is 2.31. The van der Waals surface area contributed by atoms with E-state index in [4.69, 9.17) is 4.74 Å². The summed E-state index contributed by atoms with van der Waals surface area (Å²) in [6.45, 7) is 1.57. The Labute approximate surface area is 179 Å². The Morgan fingerprint density at radius 3 is 2.61 bits per heavy atom. The van der Waals surface area contributed by atoms with Crippen LogP contribution in [0.25, 0.3) is 6.08 Å². The first-order chi connectivity index (χ1) is 14.8. The summed E-state index contributed by atoms with van der Waals surface area (Å²) < 4.78 is 56.9. The van der Waals surface area contributed by atoms with Gasteiger partial charge in [-0.05, 0) is 49.4 Å². The highest BCUT2D eigenvalue weighted by Crippen LogP contribution is 2.35. The molecule has 1 aliphatic heterocycles. The van der Waals surface area contributed by atoms with Crippen molar-refractivity contribution in [2.24, 2.45) is 0 Å². The van der Waals surface area contributed by atoms with E-state index in [9.17, 15) is 22.4 Å². The third-order valence-corrected chi connectivity index (χ3v) is 5.81. The van der Waals surface area contributed by atoms with Crippen LogP contribution in [0, 0.1) is 0 Å². The van der Waals surface area contributed by atoms with Crippen LogP contribution < -0.4 is 5.32 Å². The molecule has 0 saturated carbocycles. The minimum atomic E-state index is -4.44. The Morgan fingerprint density at radius 1 is 1.23 bits per heavy atom. The maximum Gasteiger partial charge on any atom is 0.422 e. The average molecular weight is 443 g/mol. The number of aryl methyl sites for hydroxylation is 1. The van der Waals surface area contributed by atoms with E-state index in [2.05, 4.69) is 12.2 Å². The Bertz CT molecular complexity index is 858. The fourth-order valence-electron chi connectivity index (χ4n) is 4.32. The largest absolute Gasteiger partial charge is 0.488 e. The van der Waals surface area contributed by atoms with Crippen molar-refractivity contribution in [3.63, 3.8) is 0 Å². The topological polar surface area (TPSA) is 46.5 Å². The van der Waals surface area contributed by atoms with Crippen LogP contribution in [0.1, 0.15) is 48.9 Å². The lowest BCUT2D eigenvalue weighted by Gasteiger charge is -2.31. The lowest BCUT2D eigenvalue weighted by molar-refractivity contribution is -0.166. The van der Waals surface area contributed by atoms with Crippen molar-refractivity contribution in [3.05, 3.63) is 40.5 Å². The number of rotatable bonds is 9. The van der Waals surface area contributed by atoms with Crippen LogP contribution in [0.2, 0.25) is 0 Å². The minimum absolute atomic E-state index is 0.0524. The van der Waals surface area contributed by atoms with Gasteiger partial charge in [0.2, 0.25) is 0 Å². The molecule has 9 heteroatoms. The number of fused-ring (bicyclic) bond motifs is 1. The average Bonchev–Trinajstić information content (AvgIpc) is 3.08. The quantitative estimate of drug-likeness (QED) is 0.584. The molecule has 1 atom stereocenters. The number of hydrogen-bond acceptors (Lipinski definition) is 3. The van der Waals surface area contributed by atoms with Crippen molar-refractivity contribution in [1.82, 2.24) is 14.8 Å². The Hall–Kier alpha value is -2.29. The van der Waals surface area contributed by atoms with Crippen molar-refractivity contribution in [3.8, 4) is 0 Å². The number of aromatic nitrogens is 1. The molecule has 0 radical (unpaired) electrons. The molecule has 0 fully saturated rings. The van der Waals surface area contributed by atoms with Crippen LogP contribution >= 0.6 is 0 Å². The van der Waals surface area contributed by atoms with E-state index >= 15 is 0 Å². The molecule has 1 aliphatic carbocycles. The third-order valence-electron chi connectivity index (χ3n) is 5.81. The van der Waals surface area contributed by atoms with E-state index in [1.807, 2.05) is 23.9 Å². The van der Waals surface area contributed by atoms with Crippen molar-refractivity contribution in [1.29, 1.82) is 0 Å². The van der Waals surface area contributed by atoms with Crippen LogP contribution in [-0.4, -0.2) is 55.0 Å². The van der Waals surface area contributed by atoms with Gasteiger partial charge in [-0.25, -0.2) is 4.39 Å². The van der Waals surface area contributed by atoms with Gasteiger partial charge in [-0.1, -0.05) is 6.92 Å². The van der Waals surface area contributed by atoms with Gasteiger partial charge >= 0.3 is 6.18 Å². The summed E-state index contributed by atoms with van der Waals surface area (Å²) in [6.07, 6.45) is 3.22. The zero-order valence-electron chi connectivity index (χ0n) is 17.9. The first-order valence-electron chi connectivity index (χ1n) is 10.6. The summed E-state index contributed by atoms with van der Waals surface area (Å²) in [7, 11) is 1.91. The summed E-state index contributed by atoms with van der Waals surface area (Å²) in [6, 6.07) is 0. The smallest absolute Gasteiger partial charge is 0.422 e. The van der Waals surface area contributed by atoms with Crippen molar-refractivity contribution < 1.29 is 27.1 Å². The SMILES string of the molecule is CCC(CNC)c1cn(CCF)c2c1CCC(N1CCC(OCC(F)(F)F)=CC1=O)=C2. The molecule has 0 bridgehead atoms. The Balaban J connectivity index is 1.84. The summed E-state index contributed by atoms with van der Waals surface area (Å²) in [5, 5.41) is 3.21. The number of likely N-dealkylation sites (N-methyl/N-ethyl adjacent to an activating group) is 1. The highest BCUT2D eigenvalue weighted by atomic mass is 19.4. The first kappa shape index (κ1) is 23.4. The zero-order chi connectivity index (χ0) is 22.6. The number of carbonyl (C=O) groups is 1.